The van der Waals surface area contributed by atoms with E-state index >= 15 is 0 Å². The molecule has 8 nitrogen and oxygen atoms in total. The topological polar surface area (TPSA) is 124 Å². The Balaban J connectivity index is 5.37. The summed E-state index contributed by atoms with van der Waals surface area (Å²) in [4.78, 5) is 40.1. The van der Waals surface area contributed by atoms with Crippen molar-refractivity contribution in [3.05, 3.63) is 0 Å². The average molecular weight is 420 g/mol. The van der Waals surface area contributed by atoms with Crippen molar-refractivity contribution in [3.63, 3.8) is 0 Å². The van der Waals surface area contributed by atoms with Crippen molar-refractivity contribution >= 4 is 29.5 Å². The van der Waals surface area contributed by atoms with Gasteiger partial charge in [0.05, 0.1) is 5.60 Å². The van der Waals surface area contributed by atoms with E-state index < -0.39 is 23.6 Å². The predicted molar refractivity (Wildman–Crippen MR) is 112 cm³/mol. The van der Waals surface area contributed by atoms with Gasteiger partial charge in [0.15, 0.2) is 0 Å². The molecule has 0 aromatic heterocycles. The van der Waals surface area contributed by atoms with Crippen LogP contribution in [0, 0.1) is 0 Å². The fraction of sp³-hybridized carbons (Fsp3) is 0.842. The van der Waals surface area contributed by atoms with Crippen molar-refractivity contribution in [1.29, 1.82) is 0 Å². The Hall–Kier alpha value is -1.32. The summed E-state index contributed by atoms with van der Waals surface area (Å²) in [5, 5.41) is 18.9. The number of amides is 3. The Morgan fingerprint density at radius 3 is 2.18 bits per heavy atom. The van der Waals surface area contributed by atoms with Crippen LogP contribution in [-0.2, 0) is 14.4 Å². The Morgan fingerprint density at radius 2 is 1.71 bits per heavy atom. The number of carbonyl (C=O) groups is 3. The summed E-state index contributed by atoms with van der Waals surface area (Å²) in [6, 6.07) is -1.70. The zero-order chi connectivity index (χ0) is 21.9. The molecule has 0 saturated carbocycles. The molecule has 0 aromatic carbocycles. The van der Waals surface area contributed by atoms with Gasteiger partial charge in [0.1, 0.15) is 12.1 Å². The van der Waals surface area contributed by atoms with E-state index in [1.54, 1.807) is 20.9 Å². The fourth-order valence-electron chi connectivity index (χ4n) is 2.71. The highest BCUT2D eigenvalue weighted by Crippen LogP contribution is 2.19. The van der Waals surface area contributed by atoms with Crippen molar-refractivity contribution in [3.8, 4) is 0 Å². The highest BCUT2D eigenvalue weighted by Gasteiger charge is 2.36. The Bertz CT molecular complexity index is 510. The first-order chi connectivity index (χ1) is 13.0. The third kappa shape index (κ3) is 9.75. The van der Waals surface area contributed by atoms with E-state index in [0.29, 0.717) is 25.0 Å². The monoisotopic (exact) mass is 419 g/mol. The normalized spacial score (nSPS) is 13.7. The largest absolute Gasteiger partial charge is 0.396 e. The molecule has 0 unspecified atom stereocenters. The molecule has 4 N–H and O–H groups in total. The van der Waals surface area contributed by atoms with Gasteiger partial charge in [0, 0.05) is 39.3 Å². The lowest BCUT2D eigenvalue weighted by molar-refractivity contribution is -0.147. The van der Waals surface area contributed by atoms with Crippen LogP contribution >= 0.6 is 11.8 Å². The minimum Gasteiger partial charge on any atom is -0.396 e. The standard InChI is InChI=1S/C19H37N3O5S/c1-6-9-16(24)21(4)15(13-28-11-8-7-10-23)18(26)22(5)14(17(20)25)12-19(2,3)27/h14-15,23,27H,6-13H2,1-5H3,(H2,20,25)/t14-,15+/m0/s1. The summed E-state index contributed by atoms with van der Waals surface area (Å²) in [6.07, 6.45) is 2.51. The van der Waals surface area contributed by atoms with Gasteiger partial charge >= 0.3 is 0 Å². The lowest BCUT2D eigenvalue weighted by atomic mass is 9.97. The Labute approximate surface area is 172 Å². The maximum atomic E-state index is 13.1. The summed E-state index contributed by atoms with van der Waals surface area (Å²) in [7, 11) is 3.07. The van der Waals surface area contributed by atoms with Crippen LogP contribution in [0.25, 0.3) is 0 Å². The third-order valence-electron chi connectivity index (χ3n) is 4.42. The van der Waals surface area contributed by atoms with Gasteiger partial charge < -0.3 is 25.7 Å². The summed E-state index contributed by atoms with van der Waals surface area (Å²) < 4.78 is 0. The number of hydrogen-bond acceptors (Lipinski definition) is 6. The predicted octanol–water partition coefficient (Wildman–Crippen LogP) is 0.593. The van der Waals surface area contributed by atoms with E-state index in [1.165, 1.54) is 28.6 Å². The minimum absolute atomic E-state index is 0.00750. The highest BCUT2D eigenvalue weighted by atomic mass is 32.2. The van der Waals surface area contributed by atoms with Crippen molar-refractivity contribution in [2.45, 2.75) is 70.6 Å². The molecule has 0 bridgehead atoms. The summed E-state index contributed by atoms with van der Waals surface area (Å²) in [5.74, 6) is -0.0747. The van der Waals surface area contributed by atoms with Gasteiger partial charge in [-0.3, -0.25) is 14.4 Å². The molecule has 0 aliphatic heterocycles. The quantitative estimate of drug-likeness (QED) is 0.354. The molecule has 0 aliphatic carbocycles. The summed E-state index contributed by atoms with van der Waals surface area (Å²) >= 11 is 1.53. The second-order valence-corrected chi connectivity index (χ2v) is 8.81. The first-order valence-corrected chi connectivity index (χ1v) is 10.8. The molecular weight excluding hydrogens is 382 g/mol. The van der Waals surface area contributed by atoms with E-state index in [0.717, 1.165) is 12.2 Å². The smallest absolute Gasteiger partial charge is 0.246 e. The molecule has 0 radical (unpaired) electrons. The molecule has 3 amide bonds. The molecule has 164 valence electrons. The van der Waals surface area contributed by atoms with Crippen LogP contribution < -0.4 is 5.73 Å². The summed E-state index contributed by atoms with van der Waals surface area (Å²) in [5.41, 5.74) is 4.29. The second-order valence-electron chi connectivity index (χ2n) is 7.66. The van der Waals surface area contributed by atoms with Gasteiger partial charge in [-0.15, -0.1) is 0 Å². The molecule has 0 saturated heterocycles. The van der Waals surface area contributed by atoms with Crippen LogP contribution in [0.4, 0.5) is 0 Å². The van der Waals surface area contributed by atoms with E-state index in [1.807, 2.05) is 6.92 Å². The molecule has 0 fully saturated rings. The number of likely N-dealkylation sites (N-methyl/N-ethyl adjacent to an activating group) is 2. The lowest BCUT2D eigenvalue weighted by Crippen LogP contribution is -2.56. The maximum Gasteiger partial charge on any atom is 0.246 e. The van der Waals surface area contributed by atoms with Crippen LogP contribution in [0.1, 0.15) is 52.9 Å². The van der Waals surface area contributed by atoms with Crippen LogP contribution in [0.5, 0.6) is 0 Å². The van der Waals surface area contributed by atoms with Crippen LogP contribution in [-0.4, -0.2) is 87.6 Å². The van der Waals surface area contributed by atoms with Gasteiger partial charge in [-0.2, -0.15) is 11.8 Å². The molecule has 2 atom stereocenters. The highest BCUT2D eigenvalue weighted by molar-refractivity contribution is 7.99. The third-order valence-corrected chi connectivity index (χ3v) is 5.55. The number of aliphatic hydroxyl groups is 2. The lowest BCUT2D eigenvalue weighted by Gasteiger charge is -2.35. The van der Waals surface area contributed by atoms with Gasteiger partial charge in [-0.25, -0.2) is 0 Å². The van der Waals surface area contributed by atoms with Crippen molar-refractivity contribution < 1.29 is 24.6 Å². The van der Waals surface area contributed by atoms with E-state index in [2.05, 4.69) is 0 Å². The first kappa shape index (κ1) is 26.7. The fourth-order valence-corrected chi connectivity index (χ4v) is 3.88. The number of aliphatic hydroxyl groups excluding tert-OH is 1. The number of primary amides is 1. The maximum absolute atomic E-state index is 13.1. The number of nitrogens with zero attached hydrogens (tertiary/aromatic N) is 2. The van der Waals surface area contributed by atoms with Gasteiger partial charge in [-0.1, -0.05) is 6.92 Å². The second kappa shape index (κ2) is 13.0. The first-order valence-electron chi connectivity index (χ1n) is 9.68. The van der Waals surface area contributed by atoms with Crippen LogP contribution in [0.15, 0.2) is 0 Å². The number of unbranched alkanes of at least 4 members (excludes halogenated alkanes) is 1. The molecular formula is C19H37N3O5S. The number of thioether (sulfide) groups is 1. The van der Waals surface area contributed by atoms with Crippen LogP contribution in [0.3, 0.4) is 0 Å². The zero-order valence-corrected chi connectivity index (χ0v) is 18.6. The van der Waals surface area contributed by atoms with Gasteiger partial charge in [0.2, 0.25) is 17.7 Å². The molecule has 0 heterocycles. The molecule has 0 spiro atoms. The SMILES string of the molecule is CCCC(=O)N(C)[C@H](CSCCCCO)C(=O)N(C)[C@@H](CC(C)(C)O)C(N)=O. The summed E-state index contributed by atoms with van der Waals surface area (Å²) in [6.45, 7) is 5.11. The van der Waals surface area contributed by atoms with E-state index in [9.17, 15) is 19.5 Å². The van der Waals surface area contributed by atoms with Crippen molar-refractivity contribution in [1.82, 2.24) is 9.80 Å². The molecule has 0 aliphatic rings. The average Bonchev–Trinajstić information content (AvgIpc) is 2.60. The molecule has 0 aromatic rings. The van der Waals surface area contributed by atoms with E-state index in [4.69, 9.17) is 10.8 Å². The number of hydrogen-bond donors (Lipinski definition) is 3. The molecule has 0 rings (SSSR count). The Morgan fingerprint density at radius 1 is 1.11 bits per heavy atom. The number of rotatable bonds is 14. The van der Waals surface area contributed by atoms with Crippen LogP contribution in [0.2, 0.25) is 0 Å². The number of nitrogens with two attached hydrogens (primary N) is 1. The molecule has 28 heavy (non-hydrogen) atoms. The minimum atomic E-state index is -1.17. The Kier molecular flexibility index (Phi) is 12.4. The van der Waals surface area contributed by atoms with Crippen molar-refractivity contribution in [2.75, 3.05) is 32.2 Å². The van der Waals surface area contributed by atoms with Gasteiger partial charge in [0.25, 0.3) is 0 Å². The van der Waals surface area contributed by atoms with E-state index in [-0.39, 0.29) is 24.8 Å². The number of carbonyl (C=O) groups excluding carboxylic acids is 3. The molecule has 9 heteroatoms. The van der Waals surface area contributed by atoms with Gasteiger partial charge in [-0.05, 0) is 38.9 Å². The zero-order valence-electron chi connectivity index (χ0n) is 17.8. The van der Waals surface area contributed by atoms with Crippen molar-refractivity contribution in [2.24, 2.45) is 5.73 Å².